The van der Waals surface area contributed by atoms with Crippen LogP contribution in [0, 0.1) is 6.92 Å². The number of methoxy groups -OCH3 is 2. The van der Waals surface area contributed by atoms with Crippen LogP contribution >= 0.6 is 0 Å². The number of carbonyl (C=O) groups excluding carboxylic acids is 1. The van der Waals surface area contributed by atoms with E-state index in [0.717, 1.165) is 16.9 Å². The zero-order valence-electron chi connectivity index (χ0n) is 9.82. The molecule has 88 valence electrons. The van der Waals surface area contributed by atoms with Crippen LogP contribution in [0.15, 0.2) is 18.2 Å². The Kier molecular flexibility index (Phi) is 4.31. The number of hydrogen-bond acceptors (Lipinski definition) is 4. The number of nitrogens with two attached hydrogens (primary N) is 1. The molecule has 0 saturated carbocycles. The molecule has 0 heterocycles. The summed E-state index contributed by atoms with van der Waals surface area (Å²) in [5.74, 6) is 0.397. The van der Waals surface area contributed by atoms with Gasteiger partial charge in [-0.3, -0.25) is 4.79 Å². The highest BCUT2D eigenvalue weighted by Crippen LogP contribution is 2.19. The third-order valence-electron chi connectivity index (χ3n) is 2.43. The fourth-order valence-corrected chi connectivity index (χ4v) is 1.48. The van der Waals surface area contributed by atoms with Crippen LogP contribution in [0.25, 0.3) is 0 Å². The summed E-state index contributed by atoms with van der Waals surface area (Å²) in [4.78, 5) is 11.2. The highest BCUT2D eigenvalue weighted by molar-refractivity contribution is 5.75. The second-order valence-corrected chi connectivity index (χ2v) is 3.64. The van der Waals surface area contributed by atoms with Gasteiger partial charge in [0.25, 0.3) is 0 Å². The largest absolute Gasteiger partial charge is 0.496 e. The van der Waals surface area contributed by atoms with Gasteiger partial charge in [-0.1, -0.05) is 12.1 Å². The lowest BCUT2D eigenvalue weighted by Gasteiger charge is -2.11. The summed E-state index contributed by atoms with van der Waals surface area (Å²) in [7, 11) is 2.95. The quantitative estimate of drug-likeness (QED) is 0.775. The van der Waals surface area contributed by atoms with Crippen LogP contribution in [0.2, 0.25) is 0 Å². The molecule has 0 aliphatic rings. The molecule has 1 aromatic carbocycles. The Labute approximate surface area is 95.3 Å². The van der Waals surface area contributed by atoms with Crippen LogP contribution in [0.4, 0.5) is 0 Å². The maximum atomic E-state index is 11.2. The van der Waals surface area contributed by atoms with Gasteiger partial charge < -0.3 is 15.2 Å². The van der Waals surface area contributed by atoms with E-state index in [0.29, 0.717) is 6.42 Å². The second-order valence-electron chi connectivity index (χ2n) is 3.64. The Morgan fingerprint density at radius 3 is 2.69 bits per heavy atom. The number of carbonyl (C=O) groups is 1. The number of benzene rings is 1. The zero-order valence-corrected chi connectivity index (χ0v) is 9.82. The Morgan fingerprint density at radius 1 is 1.44 bits per heavy atom. The zero-order chi connectivity index (χ0) is 12.1. The van der Waals surface area contributed by atoms with E-state index in [1.165, 1.54) is 7.11 Å². The number of ether oxygens (including phenoxy) is 2. The summed E-state index contributed by atoms with van der Waals surface area (Å²) in [5, 5.41) is 0. The monoisotopic (exact) mass is 223 g/mol. The summed E-state index contributed by atoms with van der Waals surface area (Å²) in [6.45, 7) is 1.96. The van der Waals surface area contributed by atoms with Crippen molar-refractivity contribution in [2.45, 2.75) is 19.4 Å². The summed E-state index contributed by atoms with van der Waals surface area (Å²) < 4.78 is 9.77. The standard InChI is InChI=1S/C12H17NO3/c1-8-4-5-9(7-11(8)15-2)6-10(13)12(14)16-3/h4-5,7,10H,6,13H2,1-3H3. The SMILES string of the molecule is COC(=O)C(N)Cc1ccc(C)c(OC)c1. The van der Waals surface area contributed by atoms with Gasteiger partial charge in [0, 0.05) is 0 Å². The Bertz CT molecular complexity index is 377. The van der Waals surface area contributed by atoms with Crippen molar-refractivity contribution < 1.29 is 14.3 Å². The van der Waals surface area contributed by atoms with E-state index in [1.807, 2.05) is 25.1 Å². The van der Waals surface area contributed by atoms with Crippen LogP contribution in [-0.4, -0.2) is 26.2 Å². The molecule has 1 atom stereocenters. The molecule has 0 amide bonds. The second kappa shape index (κ2) is 5.51. The molecule has 0 spiro atoms. The minimum absolute atomic E-state index is 0.403. The van der Waals surface area contributed by atoms with E-state index in [-0.39, 0.29) is 0 Å². The van der Waals surface area contributed by atoms with Crippen molar-refractivity contribution >= 4 is 5.97 Å². The first-order valence-corrected chi connectivity index (χ1v) is 5.05. The molecule has 1 rings (SSSR count). The fourth-order valence-electron chi connectivity index (χ4n) is 1.48. The van der Waals surface area contributed by atoms with E-state index >= 15 is 0 Å². The van der Waals surface area contributed by atoms with Crippen LogP contribution in [-0.2, 0) is 16.0 Å². The Balaban J connectivity index is 2.78. The molecule has 0 saturated heterocycles. The topological polar surface area (TPSA) is 61.5 Å². The first-order chi connectivity index (χ1) is 7.58. The lowest BCUT2D eigenvalue weighted by atomic mass is 10.0. The van der Waals surface area contributed by atoms with Crippen LogP contribution in [0.1, 0.15) is 11.1 Å². The molecule has 0 radical (unpaired) electrons. The van der Waals surface area contributed by atoms with Crippen molar-refractivity contribution in [2.75, 3.05) is 14.2 Å². The van der Waals surface area contributed by atoms with Gasteiger partial charge in [0.15, 0.2) is 0 Å². The highest BCUT2D eigenvalue weighted by Gasteiger charge is 2.14. The summed E-state index contributed by atoms with van der Waals surface area (Å²) in [5.41, 5.74) is 7.69. The maximum absolute atomic E-state index is 11.2. The van der Waals surface area contributed by atoms with Gasteiger partial charge in [-0.15, -0.1) is 0 Å². The lowest BCUT2D eigenvalue weighted by molar-refractivity contribution is -0.142. The Morgan fingerprint density at radius 2 is 2.12 bits per heavy atom. The van der Waals surface area contributed by atoms with Crippen molar-refractivity contribution in [3.63, 3.8) is 0 Å². The predicted octanol–water partition coefficient (Wildman–Crippen LogP) is 1.05. The normalized spacial score (nSPS) is 12.0. The average Bonchev–Trinajstić information content (AvgIpc) is 2.30. The van der Waals surface area contributed by atoms with E-state index in [1.54, 1.807) is 7.11 Å². The van der Waals surface area contributed by atoms with Gasteiger partial charge >= 0.3 is 5.97 Å². The van der Waals surface area contributed by atoms with Gasteiger partial charge in [-0.05, 0) is 30.5 Å². The van der Waals surface area contributed by atoms with E-state index in [9.17, 15) is 4.79 Å². The van der Waals surface area contributed by atoms with Gasteiger partial charge in [-0.25, -0.2) is 0 Å². The van der Waals surface area contributed by atoms with Crippen LogP contribution in [0.5, 0.6) is 5.75 Å². The van der Waals surface area contributed by atoms with Gasteiger partial charge in [0.2, 0.25) is 0 Å². The number of aryl methyl sites for hydroxylation is 1. The molecule has 0 aromatic heterocycles. The molecule has 0 bridgehead atoms. The summed E-state index contributed by atoms with van der Waals surface area (Å²) in [6, 6.07) is 5.13. The molecular weight excluding hydrogens is 206 g/mol. The number of hydrogen-bond donors (Lipinski definition) is 1. The smallest absolute Gasteiger partial charge is 0.322 e. The van der Waals surface area contributed by atoms with Crippen molar-refractivity contribution in [1.82, 2.24) is 0 Å². The molecule has 4 heteroatoms. The van der Waals surface area contributed by atoms with Gasteiger partial charge in [0.1, 0.15) is 11.8 Å². The van der Waals surface area contributed by atoms with Crippen molar-refractivity contribution in [3.8, 4) is 5.75 Å². The van der Waals surface area contributed by atoms with Crippen LogP contribution < -0.4 is 10.5 Å². The minimum Gasteiger partial charge on any atom is -0.496 e. The molecule has 4 nitrogen and oxygen atoms in total. The molecule has 1 aromatic rings. The van der Waals surface area contributed by atoms with E-state index in [4.69, 9.17) is 10.5 Å². The maximum Gasteiger partial charge on any atom is 0.322 e. The third kappa shape index (κ3) is 2.97. The molecule has 0 aliphatic heterocycles. The predicted molar refractivity (Wildman–Crippen MR) is 61.4 cm³/mol. The number of esters is 1. The average molecular weight is 223 g/mol. The molecule has 1 unspecified atom stereocenters. The molecular formula is C12H17NO3. The van der Waals surface area contributed by atoms with Crippen molar-refractivity contribution in [3.05, 3.63) is 29.3 Å². The molecule has 0 aliphatic carbocycles. The van der Waals surface area contributed by atoms with Gasteiger partial charge in [0.05, 0.1) is 14.2 Å². The fraction of sp³-hybridized carbons (Fsp3) is 0.417. The third-order valence-corrected chi connectivity index (χ3v) is 2.43. The summed E-state index contributed by atoms with van der Waals surface area (Å²) in [6.07, 6.45) is 0.448. The molecule has 0 fully saturated rings. The number of rotatable bonds is 4. The lowest BCUT2D eigenvalue weighted by Crippen LogP contribution is -2.33. The first-order valence-electron chi connectivity index (χ1n) is 5.05. The Hall–Kier alpha value is -1.55. The summed E-state index contributed by atoms with van der Waals surface area (Å²) >= 11 is 0. The minimum atomic E-state index is -0.627. The van der Waals surface area contributed by atoms with E-state index < -0.39 is 12.0 Å². The van der Waals surface area contributed by atoms with E-state index in [2.05, 4.69) is 4.74 Å². The van der Waals surface area contributed by atoms with Crippen molar-refractivity contribution in [1.29, 1.82) is 0 Å². The van der Waals surface area contributed by atoms with Crippen molar-refractivity contribution in [2.24, 2.45) is 5.73 Å². The first kappa shape index (κ1) is 12.5. The van der Waals surface area contributed by atoms with Gasteiger partial charge in [-0.2, -0.15) is 0 Å². The molecule has 2 N–H and O–H groups in total. The van der Waals surface area contributed by atoms with Crippen LogP contribution in [0.3, 0.4) is 0 Å². The highest BCUT2D eigenvalue weighted by atomic mass is 16.5. The molecule has 16 heavy (non-hydrogen) atoms.